The van der Waals surface area contributed by atoms with Crippen molar-refractivity contribution in [3.63, 3.8) is 0 Å². The van der Waals surface area contributed by atoms with Gasteiger partial charge in [-0.05, 0) is 35.9 Å². The number of nitrogens with zero attached hydrogens (tertiary/aromatic N) is 4. The van der Waals surface area contributed by atoms with Crippen LogP contribution in [0.3, 0.4) is 0 Å². The number of sulfonamides is 1. The molecule has 0 fully saturated rings. The van der Waals surface area contributed by atoms with Gasteiger partial charge in [0.05, 0.1) is 23.1 Å². The number of benzene rings is 2. The van der Waals surface area contributed by atoms with Gasteiger partial charge in [0, 0.05) is 19.2 Å². The summed E-state index contributed by atoms with van der Waals surface area (Å²) in [6.45, 7) is 3.75. The first-order chi connectivity index (χ1) is 15.3. The molecule has 0 saturated heterocycles. The first-order valence-electron chi connectivity index (χ1n) is 9.53. The van der Waals surface area contributed by atoms with E-state index in [0.717, 1.165) is 6.07 Å². The molecule has 0 heterocycles. The molecule has 0 atom stereocenters. The predicted molar refractivity (Wildman–Crippen MR) is 119 cm³/mol. The van der Waals surface area contributed by atoms with E-state index < -0.39 is 20.6 Å². The van der Waals surface area contributed by atoms with Crippen molar-refractivity contribution in [2.24, 2.45) is 5.10 Å². The zero-order chi connectivity index (χ0) is 23.7. The molecule has 2 aromatic carbocycles. The van der Waals surface area contributed by atoms with E-state index in [1.807, 2.05) is 6.07 Å². The molecule has 32 heavy (non-hydrogen) atoms. The van der Waals surface area contributed by atoms with Gasteiger partial charge in [-0.2, -0.15) is 14.7 Å². The Hall–Kier alpha value is -3.69. The van der Waals surface area contributed by atoms with Gasteiger partial charge < -0.3 is 9.47 Å². The number of hydrogen-bond acceptors (Lipinski definition) is 9. The van der Waals surface area contributed by atoms with E-state index in [2.05, 4.69) is 10.5 Å². The van der Waals surface area contributed by atoms with Crippen LogP contribution in [-0.4, -0.2) is 50.7 Å². The molecule has 0 aliphatic rings. The molecule has 0 aromatic heterocycles. The van der Waals surface area contributed by atoms with Crippen molar-refractivity contribution in [3.8, 4) is 17.6 Å². The minimum atomic E-state index is -3.84. The van der Waals surface area contributed by atoms with Gasteiger partial charge in [0.25, 0.3) is 5.69 Å². The van der Waals surface area contributed by atoms with Gasteiger partial charge in [-0.15, -0.1) is 0 Å². The third-order valence-electron chi connectivity index (χ3n) is 4.39. The highest BCUT2D eigenvalue weighted by Crippen LogP contribution is 2.30. The monoisotopic (exact) mass is 461 g/mol. The lowest BCUT2D eigenvalue weighted by Crippen LogP contribution is -2.30. The van der Waals surface area contributed by atoms with E-state index in [1.165, 1.54) is 29.8 Å². The number of anilines is 1. The SMILES string of the molecule is CCN(CC)S(=O)(=O)c1ccc(N/N=C/c2ccc(OCC#N)c(OC)c2)c([N+](=O)[O-])c1. The Morgan fingerprint density at radius 2 is 1.94 bits per heavy atom. The van der Waals surface area contributed by atoms with Crippen LogP contribution in [0.5, 0.6) is 11.5 Å². The maximum atomic E-state index is 12.6. The Bertz CT molecular complexity index is 1140. The van der Waals surface area contributed by atoms with Crippen LogP contribution in [0.15, 0.2) is 46.4 Å². The number of hydrogen-bond donors (Lipinski definition) is 1. The second-order valence-electron chi connectivity index (χ2n) is 6.25. The van der Waals surface area contributed by atoms with Crippen molar-refractivity contribution >= 4 is 27.6 Å². The largest absolute Gasteiger partial charge is 0.493 e. The summed E-state index contributed by atoms with van der Waals surface area (Å²) in [5, 5.41) is 24.1. The molecule has 1 N–H and O–H groups in total. The van der Waals surface area contributed by atoms with E-state index >= 15 is 0 Å². The van der Waals surface area contributed by atoms with E-state index in [1.54, 1.807) is 32.0 Å². The highest BCUT2D eigenvalue weighted by atomic mass is 32.2. The normalized spacial score (nSPS) is 11.3. The van der Waals surface area contributed by atoms with Crippen molar-refractivity contribution in [3.05, 3.63) is 52.1 Å². The van der Waals surface area contributed by atoms with E-state index in [4.69, 9.17) is 14.7 Å². The summed E-state index contributed by atoms with van der Waals surface area (Å²) in [4.78, 5) is 10.7. The molecule has 170 valence electrons. The smallest absolute Gasteiger partial charge is 0.295 e. The number of nitro groups is 1. The summed E-state index contributed by atoms with van der Waals surface area (Å²) in [6, 6.07) is 10.3. The number of rotatable bonds is 11. The van der Waals surface area contributed by atoms with Crippen LogP contribution < -0.4 is 14.9 Å². The summed E-state index contributed by atoms with van der Waals surface area (Å²) >= 11 is 0. The van der Waals surface area contributed by atoms with Gasteiger partial charge in [0.15, 0.2) is 18.1 Å². The van der Waals surface area contributed by atoms with Gasteiger partial charge >= 0.3 is 0 Å². The molecule has 2 aromatic rings. The predicted octanol–water partition coefficient (Wildman–Crippen LogP) is 2.98. The Morgan fingerprint density at radius 1 is 1.22 bits per heavy atom. The Labute approximate surface area is 186 Å². The van der Waals surface area contributed by atoms with Crippen LogP contribution in [0.1, 0.15) is 19.4 Å². The number of methoxy groups -OCH3 is 1. The Kier molecular flexibility index (Phi) is 8.51. The number of ether oxygens (including phenoxy) is 2. The fourth-order valence-electron chi connectivity index (χ4n) is 2.80. The molecule has 0 bridgehead atoms. The standard InChI is InChI=1S/C20H23N5O6S/c1-4-24(5-2)32(28,29)16-7-8-17(18(13-16)25(26)27)23-22-14-15-6-9-19(31-11-10-21)20(12-15)30-3/h6-9,12-14,23H,4-5,11H2,1-3H3/b22-14+. The lowest BCUT2D eigenvalue weighted by atomic mass is 10.2. The summed E-state index contributed by atoms with van der Waals surface area (Å²) in [6.07, 6.45) is 1.40. The lowest BCUT2D eigenvalue weighted by Gasteiger charge is -2.18. The molecule has 0 aliphatic carbocycles. The second-order valence-corrected chi connectivity index (χ2v) is 8.19. The molecule has 0 aliphatic heterocycles. The third-order valence-corrected chi connectivity index (χ3v) is 6.43. The lowest BCUT2D eigenvalue weighted by molar-refractivity contribution is -0.384. The number of nitriles is 1. The minimum Gasteiger partial charge on any atom is -0.493 e. The van der Waals surface area contributed by atoms with Gasteiger partial charge in [0.2, 0.25) is 10.0 Å². The maximum Gasteiger partial charge on any atom is 0.295 e. The molecule has 12 heteroatoms. The van der Waals surface area contributed by atoms with Crippen LogP contribution in [0, 0.1) is 21.4 Å². The van der Waals surface area contributed by atoms with Crippen LogP contribution in [-0.2, 0) is 10.0 Å². The number of nitro benzene ring substituents is 1. The molecular formula is C20H23N5O6S. The number of hydrazone groups is 1. The van der Waals surface area contributed by atoms with Crippen molar-refractivity contribution < 1.29 is 22.8 Å². The summed E-state index contributed by atoms with van der Waals surface area (Å²) < 4.78 is 37.0. The summed E-state index contributed by atoms with van der Waals surface area (Å²) in [7, 11) is -2.39. The van der Waals surface area contributed by atoms with Crippen LogP contribution in [0.2, 0.25) is 0 Å². The molecule has 0 spiro atoms. The Balaban J connectivity index is 2.27. The zero-order valence-electron chi connectivity index (χ0n) is 17.8. The molecule has 0 unspecified atom stereocenters. The summed E-state index contributed by atoms with van der Waals surface area (Å²) in [5.74, 6) is 0.779. The average Bonchev–Trinajstić information content (AvgIpc) is 2.78. The van der Waals surface area contributed by atoms with Crippen LogP contribution in [0.25, 0.3) is 0 Å². The second kappa shape index (κ2) is 11.1. The molecule has 11 nitrogen and oxygen atoms in total. The summed E-state index contributed by atoms with van der Waals surface area (Å²) in [5.41, 5.74) is 2.78. The van der Waals surface area contributed by atoms with Crippen LogP contribution >= 0.6 is 0 Å². The average molecular weight is 462 g/mol. The number of nitrogens with one attached hydrogen (secondary N) is 1. The van der Waals surface area contributed by atoms with Crippen molar-refractivity contribution in [2.45, 2.75) is 18.7 Å². The Morgan fingerprint density at radius 3 is 2.53 bits per heavy atom. The first kappa shape index (κ1) is 24.6. The minimum absolute atomic E-state index is 0.0330. The van der Waals surface area contributed by atoms with E-state index in [0.29, 0.717) is 17.1 Å². The van der Waals surface area contributed by atoms with E-state index in [-0.39, 0.29) is 30.3 Å². The maximum absolute atomic E-state index is 12.6. The van der Waals surface area contributed by atoms with Crippen molar-refractivity contribution in [1.29, 1.82) is 5.26 Å². The van der Waals surface area contributed by atoms with Gasteiger partial charge in [0.1, 0.15) is 11.8 Å². The topological polar surface area (TPSA) is 147 Å². The van der Waals surface area contributed by atoms with Gasteiger partial charge in [-0.25, -0.2) is 8.42 Å². The molecule has 2 rings (SSSR count). The van der Waals surface area contributed by atoms with E-state index in [9.17, 15) is 18.5 Å². The van der Waals surface area contributed by atoms with Gasteiger partial charge in [-0.1, -0.05) is 13.8 Å². The highest BCUT2D eigenvalue weighted by molar-refractivity contribution is 7.89. The fourth-order valence-corrected chi connectivity index (χ4v) is 4.28. The quantitative estimate of drug-likeness (QED) is 0.305. The molecule has 0 radical (unpaired) electrons. The molecular weight excluding hydrogens is 438 g/mol. The van der Waals surface area contributed by atoms with Crippen molar-refractivity contribution in [1.82, 2.24) is 4.31 Å². The fraction of sp³-hybridized carbons (Fsp3) is 0.300. The molecule has 0 amide bonds. The molecule has 0 saturated carbocycles. The third kappa shape index (κ3) is 5.71. The van der Waals surface area contributed by atoms with Gasteiger partial charge in [-0.3, -0.25) is 15.5 Å². The van der Waals surface area contributed by atoms with Crippen LogP contribution in [0.4, 0.5) is 11.4 Å². The van der Waals surface area contributed by atoms with Crippen molar-refractivity contribution in [2.75, 3.05) is 32.2 Å². The zero-order valence-corrected chi connectivity index (χ0v) is 18.6. The first-order valence-corrected chi connectivity index (χ1v) is 11.0. The highest BCUT2D eigenvalue weighted by Gasteiger charge is 2.25.